The van der Waals surface area contributed by atoms with E-state index in [2.05, 4.69) is 19.7 Å². The topological polar surface area (TPSA) is 163 Å². The van der Waals surface area contributed by atoms with E-state index < -0.39 is 30.4 Å². The quantitative estimate of drug-likeness (QED) is 0.367. The van der Waals surface area contributed by atoms with Crippen LogP contribution in [0.3, 0.4) is 0 Å². The zero-order chi connectivity index (χ0) is 27.6. The molecule has 3 aromatic carbocycles. The summed E-state index contributed by atoms with van der Waals surface area (Å²) in [5, 5.41) is 0. The Hall–Kier alpha value is -3.39. The normalized spacial score (nSPS) is 11.1. The fourth-order valence-corrected chi connectivity index (χ4v) is 4.18. The Morgan fingerprint density at radius 2 is 1.06 bits per heavy atom. The first kappa shape index (κ1) is 30.6. The van der Waals surface area contributed by atoms with Crippen LogP contribution in [-0.4, -0.2) is 38.9 Å². The van der Waals surface area contributed by atoms with E-state index in [9.17, 15) is 25.3 Å². The molecule has 0 aliphatic heterocycles. The molecule has 0 bridgehead atoms. The highest BCUT2D eigenvalue weighted by atomic mass is 32.2. The molecule has 0 unspecified atom stereocenters. The number of hydrogen-bond donors (Lipinski definition) is 3. The van der Waals surface area contributed by atoms with Crippen LogP contribution in [0.2, 0.25) is 0 Å². The van der Waals surface area contributed by atoms with Crippen LogP contribution >= 0.6 is 0 Å². The van der Waals surface area contributed by atoms with Crippen molar-refractivity contribution in [1.82, 2.24) is 0 Å². The van der Waals surface area contributed by atoms with Gasteiger partial charge in [-0.05, 0) is 47.0 Å². The molecule has 0 aromatic heterocycles. The van der Waals surface area contributed by atoms with E-state index in [4.69, 9.17) is 13.7 Å². The maximum absolute atomic E-state index is 10.7. The minimum absolute atomic E-state index is 0.104. The highest BCUT2D eigenvalue weighted by Gasteiger charge is 2.12. The fourth-order valence-electron chi connectivity index (χ4n) is 2.46. The molecule has 0 spiro atoms. The lowest BCUT2D eigenvalue weighted by Crippen LogP contribution is -1.99. The van der Waals surface area contributed by atoms with E-state index >= 15 is 0 Å². The van der Waals surface area contributed by atoms with Gasteiger partial charge in [0.15, 0.2) is 0 Å². The molecule has 9 nitrogen and oxygen atoms in total. The van der Waals surface area contributed by atoms with Gasteiger partial charge in [0.25, 0.3) is 30.4 Å². The van der Waals surface area contributed by atoms with Gasteiger partial charge in [0.2, 0.25) is 0 Å². The summed E-state index contributed by atoms with van der Waals surface area (Å²) in [4.78, 5) is -0.326. The molecule has 0 saturated carbocycles. The van der Waals surface area contributed by atoms with Crippen molar-refractivity contribution in [2.24, 2.45) is 0 Å². The summed E-state index contributed by atoms with van der Waals surface area (Å²) in [7, 11) is -12.3. The largest absolute Gasteiger partial charge is 0.295 e. The van der Waals surface area contributed by atoms with Crippen LogP contribution in [0.5, 0.6) is 0 Å². The first-order chi connectivity index (χ1) is 16.6. The molecule has 3 N–H and O–H groups in total. The molecule has 3 aromatic rings. The summed E-state index contributed by atoms with van der Waals surface area (Å²) in [6, 6.07) is 17.8. The Balaban J connectivity index is 0.000000270. The summed E-state index contributed by atoms with van der Waals surface area (Å²) in [6.07, 6.45) is 4.48. The number of benzene rings is 3. The fraction of sp³-hybridized carbons (Fsp3) is 0. The Labute approximate surface area is 211 Å². The van der Waals surface area contributed by atoms with Crippen LogP contribution < -0.4 is 0 Å². The van der Waals surface area contributed by atoms with Gasteiger partial charge in [0, 0.05) is 0 Å². The van der Waals surface area contributed by atoms with E-state index in [-0.39, 0.29) is 14.7 Å². The van der Waals surface area contributed by atoms with Crippen molar-refractivity contribution in [2.45, 2.75) is 14.7 Å². The second kappa shape index (κ2) is 13.1. The molecule has 0 radical (unpaired) electrons. The summed E-state index contributed by atoms with van der Waals surface area (Å²) in [6.45, 7) is 10.4. The molecule has 0 fully saturated rings. The molecule has 0 saturated heterocycles. The Morgan fingerprint density at radius 3 is 1.47 bits per heavy atom. The van der Waals surface area contributed by atoms with Crippen LogP contribution in [0.4, 0.5) is 0 Å². The minimum atomic E-state index is -4.12. The molecule has 0 aliphatic rings. The van der Waals surface area contributed by atoms with Gasteiger partial charge < -0.3 is 0 Å². The van der Waals surface area contributed by atoms with Gasteiger partial charge in [-0.15, -0.1) is 0 Å². The zero-order valence-electron chi connectivity index (χ0n) is 18.8. The monoisotopic (exact) mass is 552 g/mol. The van der Waals surface area contributed by atoms with Crippen LogP contribution in [0, 0.1) is 0 Å². The van der Waals surface area contributed by atoms with Crippen molar-refractivity contribution in [2.75, 3.05) is 0 Å². The van der Waals surface area contributed by atoms with Gasteiger partial charge in [0.05, 0.1) is 9.79 Å². The van der Waals surface area contributed by atoms with Crippen molar-refractivity contribution in [3.8, 4) is 0 Å². The lowest BCUT2D eigenvalue weighted by atomic mass is 10.2. The number of hydrogen-bond acceptors (Lipinski definition) is 6. The first-order valence-electron chi connectivity index (χ1n) is 9.72. The highest BCUT2D eigenvalue weighted by molar-refractivity contribution is 7.86. The summed E-state index contributed by atoms with van der Waals surface area (Å²) in [5.41, 5.74) is 1.87. The highest BCUT2D eigenvalue weighted by Crippen LogP contribution is 2.15. The van der Waals surface area contributed by atoms with Crippen molar-refractivity contribution in [3.63, 3.8) is 0 Å². The van der Waals surface area contributed by atoms with Crippen LogP contribution in [0.15, 0.2) is 107 Å². The molecule has 192 valence electrons. The molecule has 0 amide bonds. The Morgan fingerprint density at radius 1 is 0.528 bits per heavy atom. The third-order valence-electron chi connectivity index (χ3n) is 4.22. The molecule has 0 aliphatic carbocycles. The van der Waals surface area contributed by atoms with Gasteiger partial charge in [0.1, 0.15) is 4.90 Å². The van der Waals surface area contributed by atoms with Crippen LogP contribution in [-0.2, 0) is 30.4 Å². The van der Waals surface area contributed by atoms with E-state index in [1.54, 1.807) is 42.5 Å². The SMILES string of the molecule is C=Cc1ccc(S(=O)(=O)O)cc1.C=Cc1cccc(S(=O)(=O)O)c1.C=Cc1ccccc1S(=O)(=O)O. The third kappa shape index (κ3) is 10.1. The second-order valence-corrected chi connectivity index (χ2v) is 10.9. The van der Waals surface area contributed by atoms with Gasteiger partial charge in [-0.2, -0.15) is 25.3 Å². The van der Waals surface area contributed by atoms with Gasteiger partial charge in [-0.1, -0.05) is 80.4 Å². The zero-order valence-corrected chi connectivity index (χ0v) is 21.2. The number of rotatable bonds is 6. The third-order valence-corrected chi connectivity index (χ3v) is 6.87. The molecule has 0 heterocycles. The predicted octanol–water partition coefficient (Wildman–Crippen LogP) is 4.73. The van der Waals surface area contributed by atoms with Crippen LogP contribution in [0.25, 0.3) is 18.2 Å². The smallest absolute Gasteiger partial charge is 0.282 e. The Bertz CT molecular complexity index is 1540. The maximum Gasteiger partial charge on any atom is 0.295 e. The molecule has 0 atom stereocenters. The van der Waals surface area contributed by atoms with Gasteiger partial charge in [-0.3, -0.25) is 13.7 Å². The molecular weight excluding hydrogens is 528 g/mol. The predicted molar refractivity (Wildman–Crippen MR) is 139 cm³/mol. The van der Waals surface area contributed by atoms with Crippen LogP contribution in [0.1, 0.15) is 16.7 Å². The standard InChI is InChI=1S/3C8H8O3S/c1-2-7-3-5-8(6-4-7)12(9,10)11;1-2-7-4-3-5-8(6-7)12(9,10)11;1-2-7-5-3-4-6-8(7)12(9,10)11/h3*2-6H,1H2,(H,9,10,11). The van der Waals surface area contributed by atoms with E-state index in [1.807, 2.05) is 0 Å². The van der Waals surface area contributed by atoms with Crippen molar-refractivity contribution in [3.05, 3.63) is 109 Å². The molecular formula is C24H24O9S3. The Kier molecular flexibility index (Phi) is 11.1. The summed E-state index contributed by atoms with van der Waals surface area (Å²) >= 11 is 0. The average Bonchev–Trinajstić information content (AvgIpc) is 2.83. The second-order valence-electron chi connectivity index (χ2n) is 6.72. The van der Waals surface area contributed by atoms with Gasteiger partial charge in [-0.25, -0.2) is 0 Å². The summed E-state index contributed by atoms with van der Waals surface area (Å²) in [5.74, 6) is 0. The first-order valence-corrected chi connectivity index (χ1v) is 14.0. The summed E-state index contributed by atoms with van der Waals surface area (Å²) < 4.78 is 89.8. The van der Waals surface area contributed by atoms with E-state index in [0.717, 1.165) is 5.56 Å². The molecule has 12 heteroatoms. The molecule has 36 heavy (non-hydrogen) atoms. The van der Waals surface area contributed by atoms with E-state index in [0.29, 0.717) is 11.1 Å². The lowest BCUT2D eigenvalue weighted by Gasteiger charge is -2.00. The van der Waals surface area contributed by atoms with E-state index in [1.165, 1.54) is 48.6 Å². The van der Waals surface area contributed by atoms with Crippen molar-refractivity contribution < 1.29 is 38.9 Å². The average molecular weight is 553 g/mol. The minimum Gasteiger partial charge on any atom is -0.282 e. The lowest BCUT2D eigenvalue weighted by molar-refractivity contribution is 0.481. The van der Waals surface area contributed by atoms with Gasteiger partial charge >= 0.3 is 0 Å². The van der Waals surface area contributed by atoms with Crippen molar-refractivity contribution >= 4 is 48.6 Å². The molecule has 3 rings (SSSR count). The maximum atomic E-state index is 10.7. The van der Waals surface area contributed by atoms with Crippen molar-refractivity contribution in [1.29, 1.82) is 0 Å².